The Hall–Kier alpha value is -2.92. The van der Waals surface area contributed by atoms with Gasteiger partial charge >= 0.3 is 0 Å². The van der Waals surface area contributed by atoms with E-state index in [9.17, 15) is 0 Å². The van der Waals surface area contributed by atoms with E-state index in [0.29, 0.717) is 5.82 Å². The second kappa shape index (κ2) is 9.14. The topological polar surface area (TPSA) is 50.3 Å². The lowest BCUT2D eigenvalue weighted by Crippen LogP contribution is -2.16. The van der Waals surface area contributed by atoms with Crippen LogP contribution in [0.25, 0.3) is 23.1 Å². The number of benzene rings is 2. The average molecular weight is 362 g/mol. The van der Waals surface area contributed by atoms with Crippen molar-refractivity contribution in [2.24, 2.45) is 0 Å². The first kappa shape index (κ1) is 18.9. The van der Waals surface area contributed by atoms with Crippen molar-refractivity contribution < 1.29 is 4.74 Å². The van der Waals surface area contributed by atoms with Crippen molar-refractivity contribution in [3.05, 3.63) is 59.9 Å². The van der Waals surface area contributed by atoms with E-state index in [1.54, 1.807) is 7.11 Å². The van der Waals surface area contributed by atoms with Gasteiger partial charge in [0.25, 0.3) is 0 Å². The molecule has 2 aromatic carbocycles. The number of para-hydroxylation sites is 1. The number of hydrogen-bond donors (Lipinski definition) is 1. The van der Waals surface area contributed by atoms with E-state index in [0.717, 1.165) is 47.5 Å². The van der Waals surface area contributed by atoms with Gasteiger partial charge in [0, 0.05) is 11.9 Å². The second-order valence-corrected chi connectivity index (χ2v) is 6.64. The quantitative estimate of drug-likeness (QED) is 0.610. The number of anilines is 1. The Morgan fingerprint density at radius 1 is 1.00 bits per heavy atom. The molecule has 0 amide bonds. The van der Waals surface area contributed by atoms with Crippen molar-refractivity contribution in [2.45, 2.75) is 6.42 Å². The van der Waals surface area contributed by atoms with E-state index in [1.165, 1.54) is 0 Å². The molecule has 0 atom stereocenters. The second-order valence-electron chi connectivity index (χ2n) is 6.64. The maximum atomic E-state index is 5.20. The van der Waals surface area contributed by atoms with Crippen molar-refractivity contribution in [3.63, 3.8) is 0 Å². The van der Waals surface area contributed by atoms with Crippen LogP contribution < -0.4 is 10.1 Å². The zero-order valence-electron chi connectivity index (χ0n) is 16.1. The first-order valence-electron chi connectivity index (χ1n) is 9.13. The minimum Gasteiger partial charge on any atom is -0.497 e. The van der Waals surface area contributed by atoms with E-state index in [2.05, 4.69) is 35.4 Å². The number of ether oxygens (including phenoxy) is 1. The van der Waals surface area contributed by atoms with Crippen molar-refractivity contribution in [2.75, 3.05) is 39.6 Å². The van der Waals surface area contributed by atoms with Gasteiger partial charge < -0.3 is 15.0 Å². The fourth-order valence-corrected chi connectivity index (χ4v) is 2.79. The molecule has 0 aliphatic carbocycles. The van der Waals surface area contributed by atoms with Gasteiger partial charge in [0.15, 0.2) is 5.82 Å². The highest BCUT2D eigenvalue weighted by molar-refractivity contribution is 5.90. The molecule has 3 rings (SSSR count). The van der Waals surface area contributed by atoms with Gasteiger partial charge in [0.2, 0.25) is 0 Å². The van der Waals surface area contributed by atoms with Gasteiger partial charge in [-0.25, -0.2) is 9.97 Å². The summed E-state index contributed by atoms with van der Waals surface area (Å²) in [6.07, 6.45) is 5.01. The molecule has 140 valence electrons. The lowest BCUT2D eigenvalue weighted by Gasteiger charge is -2.12. The zero-order valence-corrected chi connectivity index (χ0v) is 16.1. The lowest BCUT2D eigenvalue weighted by molar-refractivity contribution is 0.405. The fourth-order valence-electron chi connectivity index (χ4n) is 2.79. The molecule has 0 radical (unpaired) electrons. The molecule has 0 saturated heterocycles. The minimum absolute atomic E-state index is 0.694. The molecule has 1 N–H and O–H groups in total. The van der Waals surface area contributed by atoms with Crippen molar-refractivity contribution in [3.8, 4) is 5.75 Å². The third-order valence-corrected chi connectivity index (χ3v) is 4.24. The van der Waals surface area contributed by atoms with Crippen molar-refractivity contribution in [1.82, 2.24) is 14.9 Å². The predicted molar refractivity (Wildman–Crippen MR) is 113 cm³/mol. The summed E-state index contributed by atoms with van der Waals surface area (Å²) in [5.41, 5.74) is 2.02. The third kappa shape index (κ3) is 5.28. The molecule has 0 aliphatic heterocycles. The van der Waals surface area contributed by atoms with Crippen LogP contribution in [0.3, 0.4) is 0 Å². The minimum atomic E-state index is 0.694. The normalized spacial score (nSPS) is 11.4. The Labute approximate surface area is 160 Å². The summed E-state index contributed by atoms with van der Waals surface area (Å²) in [6.45, 7) is 1.92. The highest BCUT2D eigenvalue weighted by Crippen LogP contribution is 2.21. The van der Waals surface area contributed by atoms with Crippen LogP contribution >= 0.6 is 0 Å². The molecule has 0 unspecified atom stereocenters. The molecule has 0 saturated carbocycles. The molecule has 1 heterocycles. The summed E-state index contributed by atoms with van der Waals surface area (Å²) < 4.78 is 5.20. The SMILES string of the molecule is COc1ccc(/C=C\c2nc(NCCCN(C)C)c3ccccc3n2)cc1. The molecule has 0 bridgehead atoms. The smallest absolute Gasteiger partial charge is 0.154 e. The predicted octanol–water partition coefficient (Wildman–Crippen LogP) is 4.17. The van der Waals surface area contributed by atoms with Gasteiger partial charge in [0.05, 0.1) is 12.6 Å². The molecule has 0 spiro atoms. The zero-order chi connectivity index (χ0) is 19.1. The maximum Gasteiger partial charge on any atom is 0.154 e. The summed E-state index contributed by atoms with van der Waals surface area (Å²) >= 11 is 0. The number of nitrogens with one attached hydrogen (secondary N) is 1. The molecule has 0 aliphatic rings. The fraction of sp³-hybridized carbons (Fsp3) is 0.273. The Bertz CT molecular complexity index is 904. The van der Waals surface area contributed by atoms with Crippen LogP contribution in [-0.2, 0) is 0 Å². The summed E-state index contributed by atoms with van der Waals surface area (Å²) in [5, 5.41) is 4.51. The summed E-state index contributed by atoms with van der Waals surface area (Å²) in [5.74, 6) is 2.42. The van der Waals surface area contributed by atoms with Crippen LogP contribution in [0.4, 0.5) is 5.82 Å². The number of aromatic nitrogens is 2. The number of fused-ring (bicyclic) bond motifs is 1. The lowest BCUT2D eigenvalue weighted by atomic mass is 10.2. The molecule has 1 aromatic heterocycles. The Morgan fingerprint density at radius 2 is 1.78 bits per heavy atom. The standard InChI is InChI=1S/C22H26N4O/c1-26(2)16-6-15-23-22-19-7-4-5-8-20(19)24-21(25-22)14-11-17-9-12-18(27-3)13-10-17/h4-5,7-14H,6,15-16H2,1-3H3,(H,23,24,25)/b14-11-. The number of rotatable bonds is 8. The Kier molecular flexibility index (Phi) is 6.39. The van der Waals surface area contributed by atoms with Gasteiger partial charge in [-0.2, -0.15) is 0 Å². The number of nitrogens with zero attached hydrogens (tertiary/aromatic N) is 3. The molecular formula is C22H26N4O. The molecule has 5 heteroatoms. The highest BCUT2D eigenvalue weighted by atomic mass is 16.5. The molecule has 3 aromatic rings. The van der Waals surface area contributed by atoms with Gasteiger partial charge in [-0.1, -0.05) is 30.3 Å². The van der Waals surface area contributed by atoms with Crippen molar-refractivity contribution in [1.29, 1.82) is 0 Å². The van der Waals surface area contributed by atoms with Gasteiger partial charge in [-0.3, -0.25) is 0 Å². The van der Waals surface area contributed by atoms with Crippen LogP contribution in [0.5, 0.6) is 5.75 Å². The Balaban J connectivity index is 1.81. The third-order valence-electron chi connectivity index (χ3n) is 4.24. The molecule has 0 fully saturated rings. The van der Waals surface area contributed by atoms with Crippen molar-refractivity contribution >= 4 is 28.9 Å². The number of hydrogen-bond acceptors (Lipinski definition) is 5. The van der Waals surface area contributed by atoms with Gasteiger partial charge in [-0.15, -0.1) is 0 Å². The van der Waals surface area contributed by atoms with E-state index in [1.807, 2.05) is 54.6 Å². The van der Waals surface area contributed by atoms with E-state index >= 15 is 0 Å². The van der Waals surface area contributed by atoms with E-state index in [-0.39, 0.29) is 0 Å². The summed E-state index contributed by atoms with van der Waals surface area (Å²) in [6, 6.07) is 16.0. The summed E-state index contributed by atoms with van der Waals surface area (Å²) in [7, 11) is 5.84. The van der Waals surface area contributed by atoms with Crippen LogP contribution in [-0.4, -0.2) is 49.2 Å². The van der Waals surface area contributed by atoms with E-state index < -0.39 is 0 Å². The highest BCUT2D eigenvalue weighted by Gasteiger charge is 2.05. The van der Waals surface area contributed by atoms with Crippen LogP contribution in [0.1, 0.15) is 17.8 Å². The van der Waals surface area contributed by atoms with Crippen LogP contribution in [0, 0.1) is 0 Å². The molecule has 27 heavy (non-hydrogen) atoms. The monoisotopic (exact) mass is 362 g/mol. The van der Waals surface area contributed by atoms with Gasteiger partial charge in [-0.05, 0) is 63.0 Å². The van der Waals surface area contributed by atoms with E-state index in [4.69, 9.17) is 9.72 Å². The van der Waals surface area contributed by atoms with Gasteiger partial charge in [0.1, 0.15) is 11.6 Å². The van der Waals surface area contributed by atoms with Crippen LogP contribution in [0.15, 0.2) is 48.5 Å². The molecule has 5 nitrogen and oxygen atoms in total. The number of methoxy groups -OCH3 is 1. The maximum absolute atomic E-state index is 5.20. The largest absolute Gasteiger partial charge is 0.497 e. The summed E-state index contributed by atoms with van der Waals surface area (Å²) in [4.78, 5) is 11.6. The van der Waals surface area contributed by atoms with Crippen LogP contribution in [0.2, 0.25) is 0 Å². The first-order chi connectivity index (χ1) is 13.2. The Morgan fingerprint density at radius 3 is 2.52 bits per heavy atom. The molecular weight excluding hydrogens is 336 g/mol. The average Bonchev–Trinajstić information content (AvgIpc) is 2.69. The first-order valence-corrected chi connectivity index (χ1v) is 9.13.